The van der Waals surface area contributed by atoms with Crippen LogP contribution in [0.4, 0.5) is 0 Å². The standard InChI is InChI=1S/C13H13IN2O/c1-15-9-10-5-4-8-16-13(10)17-12-7-3-2-6-11(12)14/h2-8,15H,9H2,1H3. The van der Waals surface area contributed by atoms with Gasteiger partial charge in [-0.1, -0.05) is 18.2 Å². The van der Waals surface area contributed by atoms with Gasteiger partial charge in [0.2, 0.25) is 5.88 Å². The average molecular weight is 340 g/mol. The third-order valence-electron chi connectivity index (χ3n) is 2.26. The van der Waals surface area contributed by atoms with Crippen molar-refractivity contribution in [2.45, 2.75) is 6.54 Å². The van der Waals surface area contributed by atoms with Crippen molar-refractivity contribution < 1.29 is 4.74 Å². The molecule has 17 heavy (non-hydrogen) atoms. The second kappa shape index (κ2) is 5.97. The van der Waals surface area contributed by atoms with Crippen LogP contribution in [0.5, 0.6) is 11.6 Å². The zero-order chi connectivity index (χ0) is 12.1. The molecular weight excluding hydrogens is 327 g/mol. The molecule has 0 radical (unpaired) electrons. The van der Waals surface area contributed by atoms with Crippen LogP contribution in [-0.2, 0) is 6.54 Å². The lowest BCUT2D eigenvalue weighted by atomic mass is 10.2. The third-order valence-corrected chi connectivity index (χ3v) is 3.15. The smallest absolute Gasteiger partial charge is 0.223 e. The van der Waals surface area contributed by atoms with Crippen molar-refractivity contribution in [1.29, 1.82) is 0 Å². The van der Waals surface area contributed by atoms with E-state index in [-0.39, 0.29) is 0 Å². The Morgan fingerprint density at radius 3 is 2.82 bits per heavy atom. The van der Waals surface area contributed by atoms with Crippen molar-refractivity contribution in [3.8, 4) is 11.6 Å². The van der Waals surface area contributed by atoms with Crippen LogP contribution in [0.2, 0.25) is 0 Å². The molecule has 0 aliphatic heterocycles. The summed E-state index contributed by atoms with van der Waals surface area (Å²) < 4.78 is 6.91. The third kappa shape index (κ3) is 3.17. The number of nitrogens with one attached hydrogen (secondary N) is 1. The maximum Gasteiger partial charge on any atom is 0.223 e. The van der Waals surface area contributed by atoms with Gasteiger partial charge in [-0.2, -0.15) is 0 Å². The summed E-state index contributed by atoms with van der Waals surface area (Å²) in [6, 6.07) is 11.8. The SMILES string of the molecule is CNCc1cccnc1Oc1ccccc1I. The van der Waals surface area contributed by atoms with E-state index in [1.54, 1.807) is 6.20 Å². The van der Waals surface area contributed by atoms with Crippen molar-refractivity contribution in [3.05, 3.63) is 51.7 Å². The zero-order valence-electron chi connectivity index (χ0n) is 9.48. The summed E-state index contributed by atoms with van der Waals surface area (Å²) in [6.45, 7) is 0.743. The van der Waals surface area contributed by atoms with Crippen LogP contribution in [0.3, 0.4) is 0 Å². The zero-order valence-corrected chi connectivity index (χ0v) is 11.6. The Morgan fingerprint density at radius 2 is 2.06 bits per heavy atom. The van der Waals surface area contributed by atoms with Crippen LogP contribution in [0.15, 0.2) is 42.6 Å². The van der Waals surface area contributed by atoms with Crippen LogP contribution < -0.4 is 10.1 Å². The first-order valence-corrected chi connectivity index (χ1v) is 6.40. The van der Waals surface area contributed by atoms with Crippen molar-refractivity contribution in [3.63, 3.8) is 0 Å². The summed E-state index contributed by atoms with van der Waals surface area (Å²) in [7, 11) is 1.91. The number of rotatable bonds is 4. The average Bonchev–Trinajstić information content (AvgIpc) is 2.35. The van der Waals surface area contributed by atoms with E-state index in [1.165, 1.54) is 0 Å². The largest absolute Gasteiger partial charge is 0.438 e. The molecule has 0 saturated carbocycles. The first kappa shape index (κ1) is 12.3. The molecule has 0 bridgehead atoms. The molecule has 0 unspecified atom stereocenters. The highest BCUT2D eigenvalue weighted by molar-refractivity contribution is 14.1. The van der Waals surface area contributed by atoms with Gasteiger partial charge in [-0.3, -0.25) is 0 Å². The molecule has 1 N–H and O–H groups in total. The van der Waals surface area contributed by atoms with E-state index in [1.807, 2.05) is 43.4 Å². The second-order valence-electron chi connectivity index (χ2n) is 3.53. The van der Waals surface area contributed by atoms with Crippen molar-refractivity contribution in [2.24, 2.45) is 0 Å². The van der Waals surface area contributed by atoms with Gasteiger partial charge in [0.1, 0.15) is 5.75 Å². The summed E-state index contributed by atoms with van der Waals surface area (Å²) in [5.74, 6) is 1.50. The Bertz CT molecular complexity index is 502. The fourth-order valence-corrected chi connectivity index (χ4v) is 1.97. The number of para-hydroxylation sites is 1. The number of hydrogen-bond acceptors (Lipinski definition) is 3. The number of halogens is 1. The topological polar surface area (TPSA) is 34.2 Å². The van der Waals surface area contributed by atoms with Crippen LogP contribution >= 0.6 is 22.6 Å². The van der Waals surface area contributed by atoms with E-state index in [4.69, 9.17) is 4.74 Å². The van der Waals surface area contributed by atoms with Gasteiger partial charge in [0.15, 0.2) is 0 Å². The van der Waals surface area contributed by atoms with Gasteiger partial charge in [0.25, 0.3) is 0 Å². The Morgan fingerprint density at radius 1 is 1.24 bits per heavy atom. The van der Waals surface area contributed by atoms with E-state index in [0.29, 0.717) is 5.88 Å². The highest BCUT2D eigenvalue weighted by atomic mass is 127. The Labute approximate surface area is 114 Å². The van der Waals surface area contributed by atoms with Crippen molar-refractivity contribution in [1.82, 2.24) is 10.3 Å². The Kier molecular flexibility index (Phi) is 4.33. The molecule has 3 nitrogen and oxygen atoms in total. The minimum atomic E-state index is 0.658. The molecule has 2 aromatic rings. The first-order valence-electron chi connectivity index (χ1n) is 5.32. The summed E-state index contributed by atoms with van der Waals surface area (Å²) in [5.41, 5.74) is 1.05. The summed E-state index contributed by atoms with van der Waals surface area (Å²) in [4.78, 5) is 4.27. The highest BCUT2D eigenvalue weighted by Gasteiger charge is 2.07. The van der Waals surface area contributed by atoms with E-state index in [2.05, 4.69) is 32.9 Å². The van der Waals surface area contributed by atoms with Crippen LogP contribution in [0.25, 0.3) is 0 Å². The fraction of sp³-hybridized carbons (Fsp3) is 0.154. The van der Waals surface area contributed by atoms with Gasteiger partial charge in [-0.25, -0.2) is 4.98 Å². The number of benzene rings is 1. The molecule has 0 saturated heterocycles. The Balaban J connectivity index is 2.27. The van der Waals surface area contributed by atoms with E-state index in [0.717, 1.165) is 21.4 Å². The number of ether oxygens (including phenoxy) is 1. The molecule has 0 amide bonds. The maximum atomic E-state index is 5.83. The number of pyridine rings is 1. The quantitative estimate of drug-likeness (QED) is 0.868. The summed E-state index contributed by atoms with van der Waals surface area (Å²) >= 11 is 2.25. The van der Waals surface area contributed by atoms with Crippen molar-refractivity contribution >= 4 is 22.6 Å². The van der Waals surface area contributed by atoms with Gasteiger partial charge in [-0.15, -0.1) is 0 Å². The van der Waals surface area contributed by atoms with Crippen LogP contribution in [0, 0.1) is 3.57 Å². The van der Waals surface area contributed by atoms with Gasteiger partial charge < -0.3 is 10.1 Å². The summed E-state index contributed by atoms with van der Waals surface area (Å²) in [6.07, 6.45) is 1.74. The number of aromatic nitrogens is 1. The molecule has 0 fully saturated rings. The van der Waals surface area contributed by atoms with E-state index >= 15 is 0 Å². The molecule has 0 aliphatic rings. The predicted octanol–water partition coefficient (Wildman–Crippen LogP) is 3.20. The maximum absolute atomic E-state index is 5.83. The van der Waals surface area contributed by atoms with Crippen LogP contribution in [-0.4, -0.2) is 12.0 Å². The van der Waals surface area contributed by atoms with Crippen LogP contribution in [0.1, 0.15) is 5.56 Å². The number of nitrogens with zero attached hydrogens (tertiary/aromatic N) is 1. The highest BCUT2D eigenvalue weighted by Crippen LogP contribution is 2.26. The minimum Gasteiger partial charge on any atom is -0.438 e. The second-order valence-corrected chi connectivity index (χ2v) is 4.69. The van der Waals surface area contributed by atoms with Gasteiger partial charge >= 0.3 is 0 Å². The predicted molar refractivity (Wildman–Crippen MR) is 76.2 cm³/mol. The molecule has 1 aromatic carbocycles. The fourth-order valence-electron chi connectivity index (χ4n) is 1.47. The number of hydrogen-bond donors (Lipinski definition) is 1. The molecule has 0 spiro atoms. The molecular formula is C13H13IN2O. The first-order chi connectivity index (χ1) is 8.31. The van der Waals surface area contributed by atoms with E-state index in [9.17, 15) is 0 Å². The molecule has 0 atom stereocenters. The normalized spacial score (nSPS) is 10.2. The summed E-state index contributed by atoms with van der Waals surface area (Å²) in [5, 5.41) is 3.10. The lowest BCUT2D eigenvalue weighted by molar-refractivity contribution is 0.451. The molecule has 1 heterocycles. The van der Waals surface area contributed by atoms with Gasteiger partial charge in [0, 0.05) is 18.3 Å². The molecule has 4 heteroatoms. The van der Waals surface area contributed by atoms with Gasteiger partial charge in [-0.05, 0) is 47.8 Å². The monoisotopic (exact) mass is 340 g/mol. The molecule has 88 valence electrons. The Hall–Kier alpha value is -1.14. The van der Waals surface area contributed by atoms with Gasteiger partial charge in [0.05, 0.1) is 3.57 Å². The van der Waals surface area contributed by atoms with E-state index < -0.39 is 0 Å². The lowest BCUT2D eigenvalue weighted by Crippen LogP contribution is -2.07. The van der Waals surface area contributed by atoms with Crippen molar-refractivity contribution in [2.75, 3.05) is 7.05 Å². The molecule has 2 rings (SSSR count). The molecule has 1 aromatic heterocycles. The molecule has 0 aliphatic carbocycles. The minimum absolute atomic E-state index is 0.658. The lowest BCUT2D eigenvalue weighted by Gasteiger charge is -2.10.